The first-order valence-electron chi connectivity index (χ1n) is 9.43. The van der Waals surface area contributed by atoms with E-state index in [-0.39, 0.29) is 0 Å². The van der Waals surface area contributed by atoms with Crippen LogP contribution < -0.4 is 4.90 Å². The van der Waals surface area contributed by atoms with E-state index in [0.717, 1.165) is 13.1 Å². The first kappa shape index (κ1) is 17.7. The molecular weight excluding hydrogens is 304 g/mol. The van der Waals surface area contributed by atoms with Crippen LogP contribution in [0.3, 0.4) is 0 Å². The zero-order chi connectivity index (χ0) is 18.0. The number of nitrogens with zero attached hydrogens (tertiary/aromatic N) is 2. The lowest BCUT2D eigenvalue weighted by molar-refractivity contribution is -0.569. The lowest BCUT2D eigenvalue weighted by Gasteiger charge is -2.17. The van der Waals surface area contributed by atoms with Crippen molar-refractivity contribution in [3.05, 3.63) is 64.7 Å². The molecule has 0 N–H and O–H groups in total. The number of hydrogen-bond acceptors (Lipinski definition) is 1. The van der Waals surface area contributed by atoms with Crippen molar-refractivity contribution in [3.8, 4) is 0 Å². The molecule has 0 amide bonds. The van der Waals surface area contributed by atoms with E-state index in [4.69, 9.17) is 0 Å². The average Bonchev–Trinajstić information content (AvgIpc) is 2.88. The number of benzene rings is 2. The summed E-state index contributed by atoms with van der Waals surface area (Å²) in [4.78, 5) is 2.47. The second kappa shape index (κ2) is 7.43. The van der Waals surface area contributed by atoms with Crippen molar-refractivity contribution >= 4 is 12.0 Å². The topological polar surface area (TPSA) is 6.25 Å². The lowest BCUT2D eigenvalue weighted by atomic mass is 10.0. The molecule has 1 atom stereocenters. The normalized spacial score (nSPS) is 17.3. The Hall–Kier alpha value is -2.09. The third kappa shape index (κ3) is 4.12. The maximum absolute atomic E-state index is 2.54. The van der Waals surface area contributed by atoms with Crippen molar-refractivity contribution in [1.29, 1.82) is 0 Å². The molecule has 1 aliphatic rings. The summed E-state index contributed by atoms with van der Waals surface area (Å²) < 4.78 is 2.54. The predicted molar refractivity (Wildman–Crippen MR) is 108 cm³/mol. The zero-order valence-corrected chi connectivity index (χ0v) is 16.3. The molecule has 0 fully saturated rings. The van der Waals surface area contributed by atoms with Crippen LogP contribution in [0.15, 0.2) is 42.5 Å². The molecule has 132 valence electrons. The van der Waals surface area contributed by atoms with Gasteiger partial charge in [-0.05, 0) is 49.8 Å². The SMILES string of the molecule is Cc1cc(C)c(N2C=[N+](Cc3ccccc3)[C@@H](CC(C)C)C2)c(C)c1. The second-order valence-electron chi connectivity index (χ2n) is 7.96. The molecule has 0 spiro atoms. The Labute approximate surface area is 152 Å². The minimum atomic E-state index is 0.570. The van der Waals surface area contributed by atoms with Gasteiger partial charge in [-0.1, -0.05) is 61.9 Å². The number of aryl methyl sites for hydroxylation is 3. The summed E-state index contributed by atoms with van der Waals surface area (Å²) in [6.45, 7) is 13.4. The van der Waals surface area contributed by atoms with E-state index in [9.17, 15) is 0 Å². The predicted octanol–water partition coefficient (Wildman–Crippen LogP) is 5.09. The molecule has 2 aromatic carbocycles. The molecule has 3 rings (SSSR count). The summed E-state index contributed by atoms with van der Waals surface area (Å²) >= 11 is 0. The Balaban J connectivity index is 1.91. The van der Waals surface area contributed by atoms with Gasteiger partial charge in [0.15, 0.2) is 0 Å². The smallest absolute Gasteiger partial charge is 0.240 e. The van der Waals surface area contributed by atoms with Gasteiger partial charge in [0.1, 0.15) is 24.8 Å². The first-order chi connectivity index (χ1) is 11.9. The van der Waals surface area contributed by atoms with Crippen LogP contribution in [-0.2, 0) is 6.54 Å². The molecule has 25 heavy (non-hydrogen) atoms. The van der Waals surface area contributed by atoms with Crippen molar-refractivity contribution in [2.24, 2.45) is 5.92 Å². The third-order valence-corrected chi connectivity index (χ3v) is 5.04. The van der Waals surface area contributed by atoms with Gasteiger partial charge >= 0.3 is 0 Å². The van der Waals surface area contributed by atoms with Gasteiger partial charge in [-0.3, -0.25) is 4.58 Å². The van der Waals surface area contributed by atoms with Crippen molar-refractivity contribution < 1.29 is 4.58 Å². The van der Waals surface area contributed by atoms with E-state index in [2.05, 4.69) is 92.9 Å². The molecule has 1 heterocycles. The van der Waals surface area contributed by atoms with E-state index in [1.54, 1.807) is 0 Å². The number of rotatable bonds is 5. The van der Waals surface area contributed by atoms with Crippen LogP contribution >= 0.6 is 0 Å². The van der Waals surface area contributed by atoms with E-state index in [1.165, 1.54) is 34.4 Å². The Morgan fingerprint density at radius 1 is 1.04 bits per heavy atom. The van der Waals surface area contributed by atoms with E-state index < -0.39 is 0 Å². The fourth-order valence-electron chi connectivity index (χ4n) is 4.15. The molecule has 0 aliphatic carbocycles. The molecule has 2 heteroatoms. The van der Waals surface area contributed by atoms with Crippen LogP contribution in [0.4, 0.5) is 5.69 Å². The zero-order valence-electron chi connectivity index (χ0n) is 16.3. The van der Waals surface area contributed by atoms with Gasteiger partial charge in [0.2, 0.25) is 6.34 Å². The highest BCUT2D eigenvalue weighted by Gasteiger charge is 2.33. The van der Waals surface area contributed by atoms with E-state index in [0.29, 0.717) is 12.0 Å². The Kier molecular flexibility index (Phi) is 5.27. The van der Waals surface area contributed by atoms with Gasteiger partial charge < -0.3 is 0 Å². The van der Waals surface area contributed by atoms with Crippen molar-refractivity contribution in [3.63, 3.8) is 0 Å². The summed E-state index contributed by atoms with van der Waals surface area (Å²) in [5.74, 6) is 0.705. The summed E-state index contributed by atoms with van der Waals surface area (Å²) in [7, 11) is 0. The van der Waals surface area contributed by atoms with E-state index >= 15 is 0 Å². The van der Waals surface area contributed by atoms with Crippen LogP contribution in [0, 0.1) is 26.7 Å². The second-order valence-corrected chi connectivity index (χ2v) is 7.96. The molecule has 0 radical (unpaired) electrons. The van der Waals surface area contributed by atoms with Gasteiger partial charge in [0, 0.05) is 0 Å². The van der Waals surface area contributed by atoms with Crippen LogP contribution in [-0.4, -0.2) is 23.5 Å². The van der Waals surface area contributed by atoms with Crippen LogP contribution in [0.5, 0.6) is 0 Å². The molecule has 2 nitrogen and oxygen atoms in total. The first-order valence-corrected chi connectivity index (χ1v) is 9.43. The van der Waals surface area contributed by atoms with Gasteiger partial charge in [-0.25, -0.2) is 4.90 Å². The van der Waals surface area contributed by atoms with Crippen LogP contribution in [0.25, 0.3) is 0 Å². The van der Waals surface area contributed by atoms with Crippen LogP contribution in [0.2, 0.25) is 0 Å². The van der Waals surface area contributed by atoms with Crippen molar-refractivity contribution in [1.82, 2.24) is 0 Å². The molecule has 2 aromatic rings. The molecule has 0 bridgehead atoms. The van der Waals surface area contributed by atoms with E-state index in [1.807, 2.05) is 0 Å². The fourth-order valence-corrected chi connectivity index (χ4v) is 4.15. The summed E-state index contributed by atoms with van der Waals surface area (Å²) in [5.41, 5.74) is 6.86. The monoisotopic (exact) mass is 335 g/mol. The largest absolute Gasteiger partial charge is 0.257 e. The Bertz CT molecular complexity index is 736. The Morgan fingerprint density at radius 3 is 2.28 bits per heavy atom. The molecule has 1 aliphatic heterocycles. The molecule has 0 aromatic heterocycles. The minimum Gasteiger partial charge on any atom is -0.257 e. The molecule has 0 saturated heterocycles. The number of hydrogen-bond donors (Lipinski definition) is 0. The highest BCUT2D eigenvalue weighted by Crippen LogP contribution is 2.29. The van der Waals surface area contributed by atoms with Crippen LogP contribution in [0.1, 0.15) is 42.5 Å². The van der Waals surface area contributed by atoms with Crippen molar-refractivity contribution in [2.45, 2.75) is 53.6 Å². The summed E-state index contributed by atoms with van der Waals surface area (Å²) in [5, 5.41) is 0. The highest BCUT2D eigenvalue weighted by atomic mass is 15.3. The molecular formula is C23H31N2+. The van der Waals surface area contributed by atoms with Gasteiger partial charge in [0.25, 0.3) is 0 Å². The fraction of sp³-hybridized carbons (Fsp3) is 0.435. The maximum Gasteiger partial charge on any atom is 0.240 e. The van der Waals surface area contributed by atoms with Gasteiger partial charge in [-0.2, -0.15) is 0 Å². The average molecular weight is 336 g/mol. The summed E-state index contributed by atoms with van der Waals surface area (Å²) in [6, 6.07) is 16.0. The quantitative estimate of drug-likeness (QED) is 0.690. The van der Waals surface area contributed by atoms with Gasteiger partial charge in [-0.15, -0.1) is 0 Å². The molecule has 0 unspecified atom stereocenters. The highest BCUT2D eigenvalue weighted by molar-refractivity contribution is 5.81. The third-order valence-electron chi connectivity index (χ3n) is 5.04. The standard InChI is InChI=1S/C23H31N2/c1-17(2)11-22-15-25(23-19(4)12-18(3)13-20(23)5)16-24(22)14-21-9-7-6-8-10-21/h6-10,12-13,16-17,22H,11,14-15H2,1-5H3/q+1/t22-/m0/s1. The minimum absolute atomic E-state index is 0.570. The van der Waals surface area contributed by atoms with Crippen molar-refractivity contribution in [2.75, 3.05) is 11.4 Å². The number of anilines is 1. The molecule has 0 saturated carbocycles. The van der Waals surface area contributed by atoms with Gasteiger partial charge in [0.05, 0.1) is 0 Å². The Morgan fingerprint density at radius 2 is 1.68 bits per heavy atom. The maximum atomic E-state index is 2.54. The summed E-state index contributed by atoms with van der Waals surface area (Å²) in [6.07, 6.45) is 3.58. The lowest BCUT2D eigenvalue weighted by Crippen LogP contribution is -2.28.